The molecule has 102 valence electrons. The van der Waals surface area contributed by atoms with E-state index in [1.165, 1.54) is 20.3 Å². The van der Waals surface area contributed by atoms with Crippen molar-refractivity contribution in [3.8, 4) is 11.5 Å². The minimum absolute atomic E-state index is 0.0508. The predicted molar refractivity (Wildman–Crippen MR) is 71.5 cm³/mol. The number of ether oxygens (including phenoxy) is 2. The second kappa shape index (κ2) is 5.34. The van der Waals surface area contributed by atoms with Gasteiger partial charge in [-0.1, -0.05) is 0 Å². The van der Waals surface area contributed by atoms with Crippen LogP contribution in [-0.2, 0) is 0 Å². The SMILES string of the molecule is COc1cc(OC)c(F)c(C2CC[SH](C)C2)c1F. The van der Waals surface area contributed by atoms with Crippen molar-refractivity contribution in [3.63, 3.8) is 0 Å². The van der Waals surface area contributed by atoms with Gasteiger partial charge in [-0.25, -0.2) is 8.78 Å². The van der Waals surface area contributed by atoms with Gasteiger partial charge in [0, 0.05) is 11.6 Å². The Kier molecular flexibility index (Phi) is 4.00. The lowest BCUT2D eigenvalue weighted by Gasteiger charge is -2.17. The maximum absolute atomic E-state index is 14.2. The third-order valence-corrected chi connectivity index (χ3v) is 5.49. The van der Waals surface area contributed by atoms with Crippen molar-refractivity contribution >= 4 is 10.9 Å². The van der Waals surface area contributed by atoms with E-state index in [9.17, 15) is 8.78 Å². The Morgan fingerprint density at radius 3 is 2.11 bits per heavy atom. The Morgan fingerprint density at radius 1 is 1.17 bits per heavy atom. The van der Waals surface area contributed by atoms with Crippen LogP contribution in [-0.4, -0.2) is 32.0 Å². The molecule has 0 spiro atoms. The first-order chi connectivity index (χ1) is 8.58. The highest BCUT2D eigenvalue weighted by Gasteiger charge is 2.30. The molecule has 5 heteroatoms. The van der Waals surface area contributed by atoms with E-state index in [2.05, 4.69) is 6.26 Å². The highest BCUT2D eigenvalue weighted by atomic mass is 32.2. The molecular weight excluding hydrogens is 258 g/mol. The van der Waals surface area contributed by atoms with Crippen LogP contribution in [0.15, 0.2) is 6.07 Å². The molecule has 0 radical (unpaired) electrons. The average Bonchev–Trinajstić information content (AvgIpc) is 2.76. The van der Waals surface area contributed by atoms with Crippen LogP contribution in [0, 0.1) is 11.6 Å². The molecule has 0 aromatic heterocycles. The van der Waals surface area contributed by atoms with Crippen molar-refractivity contribution in [2.75, 3.05) is 32.0 Å². The standard InChI is InChI=1S/C13H18F2O2S/c1-16-9-6-10(17-2)13(15)11(12(9)14)8-4-5-18(3)7-8/h6,8,18H,4-5,7H2,1-3H3. The second-order valence-electron chi connectivity index (χ2n) is 4.57. The Bertz CT molecular complexity index is 423. The molecule has 2 nitrogen and oxygen atoms in total. The molecule has 0 bridgehead atoms. The average molecular weight is 276 g/mol. The zero-order valence-electron chi connectivity index (χ0n) is 10.8. The van der Waals surface area contributed by atoms with Gasteiger partial charge in [0.2, 0.25) is 0 Å². The number of rotatable bonds is 3. The highest BCUT2D eigenvalue weighted by molar-refractivity contribution is 8.16. The molecule has 1 fully saturated rings. The van der Waals surface area contributed by atoms with Crippen LogP contribution in [0.2, 0.25) is 0 Å². The molecule has 2 unspecified atom stereocenters. The Morgan fingerprint density at radius 2 is 1.72 bits per heavy atom. The molecule has 0 aliphatic carbocycles. The lowest BCUT2D eigenvalue weighted by Crippen LogP contribution is -2.07. The fraction of sp³-hybridized carbons (Fsp3) is 0.538. The summed E-state index contributed by atoms with van der Waals surface area (Å²) >= 11 is 0. The van der Waals surface area contributed by atoms with Gasteiger partial charge >= 0.3 is 0 Å². The molecule has 2 rings (SSSR count). The van der Waals surface area contributed by atoms with Crippen LogP contribution >= 0.6 is 10.9 Å². The van der Waals surface area contributed by atoms with Crippen molar-refractivity contribution in [3.05, 3.63) is 23.3 Å². The van der Waals surface area contributed by atoms with E-state index in [1.807, 2.05) is 0 Å². The summed E-state index contributed by atoms with van der Waals surface area (Å²) in [6.07, 6.45) is 3.01. The highest BCUT2D eigenvalue weighted by Crippen LogP contribution is 2.45. The Balaban J connectivity index is 2.50. The molecule has 0 saturated carbocycles. The van der Waals surface area contributed by atoms with Gasteiger partial charge in [-0.15, -0.1) is 0 Å². The molecule has 1 heterocycles. The molecule has 0 amide bonds. The van der Waals surface area contributed by atoms with Crippen LogP contribution in [0.5, 0.6) is 11.5 Å². The lowest BCUT2D eigenvalue weighted by atomic mass is 9.96. The summed E-state index contributed by atoms with van der Waals surface area (Å²) < 4.78 is 38.3. The summed E-state index contributed by atoms with van der Waals surface area (Å²) in [4.78, 5) is 0. The minimum atomic E-state index is -0.578. The summed E-state index contributed by atoms with van der Waals surface area (Å²) in [7, 11) is 2.66. The van der Waals surface area contributed by atoms with E-state index in [4.69, 9.17) is 9.47 Å². The largest absolute Gasteiger partial charge is 0.494 e. The van der Waals surface area contributed by atoms with Crippen LogP contribution < -0.4 is 9.47 Å². The third kappa shape index (κ3) is 2.28. The van der Waals surface area contributed by atoms with Crippen molar-refractivity contribution in [1.29, 1.82) is 0 Å². The predicted octanol–water partition coefficient (Wildman–Crippen LogP) is 3.10. The van der Waals surface area contributed by atoms with Crippen LogP contribution in [0.4, 0.5) is 8.78 Å². The van der Waals surface area contributed by atoms with Crippen LogP contribution in [0.3, 0.4) is 0 Å². The van der Waals surface area contributed by atoms with E-state index in [0.29, 0.717) is 0 Å². The van der Waals surface area contributed by atoms with Crippen LogP contribution in [0.1, 0.15) is 17.9 Å². The van der Waals surface area contributed by atoms with E-state index in [-0.39, 0.29) is 33.9 Å². The monoisotopic (exact) mass is 276 g/mol. The van der Waals surface area contributed by atoms with Gasteiger partial charge in [-0.3, -0.25) is 10.9 Å². The quantitative estimate of drug-likeness (QED) is 0.855. The van der Waals surface area contributed by atoms with Crippen molar-refractivity contribution in [2.45, 2.75) is 12.3 Å². The van der Waals surface area contributed by atoms with E-state index in [1.54, 1.807) is 0 Å². The smallest absolute Gasteiger partial charge is 0.171 e. The van der Waals surface area contributed by atoms with Gasteiger partial charge in [0.25, 0.3) is 0 Å². The van der Waals surface area contributed by atoms with Gasteiger partial charge in [0.05, 0.1) is 14.2 Å². The molecule has 0 N–H and O–H groups in total. The fourth-order valence-electron chi connectivity index (χ4n) is 2.43. The molecule has 2 atom stereocenters. The maximum atomic E-state index is 14.2. The zero-order chi connectivity index (χ0) is 13.3. The van der Waals surface area contributed by atoms with Gasteiger partial charge in [-0.05, 0) is 30.1 Å². The normalized spacial score (nSPS) is 25.2. The molecular formula is C13H18F2O2S. The number of halogens is 2. The first-order valence-electron chi connectivity index (χ1n) is 5.86. The topological polar surface area (TPSA) is 18.5 Å². The minimum Gasteiger partial charge on any atom is -0.494 e. The zero-order valence-corrected chi connectivity index (χ0v) is 11.7. The van der Waals surface area contributed by atoms with E-state index >= 15 is 0 Å². The first-order valence-corrected chi connectivity index (χ1v) is 8.02. The summed E-state index contributed by atoms with van der Waals surface area (Å²) in [5.41, 5.74) is 0.137. The van der Waals surface area contributed by atoms with Crippen LogP contribution in [0.25, 0.3) is 0 Å². The molecule has 1 aromatic carbocycles. The van der Waals surface area contributed by atoms with Gasteiger partial charge in [0.15, 0.2) is 23.1 Å². The summed E-state index contributed by atoms with van der Waals surface area (Å²) in [5.74, 6) is 0.839. The third-order valence-electron chi connectivity index (χ3n) is 3.41. The molecule has 1 saturated heterocycles. The first kappa shape index (κ1) is 13.5. The Hall–Kier alpha value is -0.970. The molecule has 1 aliphatic heterocycles. The van der Waals surface area contributed by atoms with Crippen molar-refractivity contribution in [1.82, 2.24) is 0 Å². The Labute approximate surface area is 109 Å². The number of benzene rings is 1. The number of thiol groups is 1. The summed E-state index contributed by atoms with van der Waals surface area (Å²) in [6.45, 7) is 0. The fourth-order valence-corrected chi connectivity index (χ4v) is 4.49. The lowest BCUT2D eigenvalue weighted by molar-refractivity contribution is 0.351. The summed E-state index contributed by atoms with van der Waals surface area (Å²) in [5, 5.41) is 0. The molecule has 1 aliphatic rings. The molecule has 1 aromatic rings. The van der Waals surface area contributed by atoms with E-state index in [0.717, 1.165) is 17.9 Å². The summed E-state index contributed by atoms with van der Waals surface area (Å²) in [6, 6.07) is 1.26. The van der Waals surface area contributed by atoms with Crippen molar-refractivity contribution in [2.24, 2.45) is 0 Å². The molecule has 18 heavy (non-hydrogen) atoms. The number of hydrogen-bond acceptors (Lipinski definition) is 2. The van der Waals surface area contributed by atoms with Gasteiger partial charge in [0.1, 0.15) is 0 Å². The number of hydrogen-bond donors (Lipinski definition) is 1. The second-order valence-corrected chi connectivity index (χ2v) is 7.10. The van der Waals surface area contributed by atoms with Gasteiger partial charge < -0.3 is 9.47 Å². The van der Waals surface area contributed by atoms with E-state index < -0.39 is 11.6 Å². The maximum Gasteiger partial charge on any atom is 0.171 e. The van der Waals surface area contributed by atoms with Crippen molar-refractivity contribution < 1.29 is 18.3 Å². The number of methoxy groups -OCH3 is 2. The van der Waals surface area contributed by atoms with Gasteiger partial charge in [-0.2, -0.15) is 0 Å².